The molecule has 0 spiro atoms. The summed E-state index contributed by atoms with van der Waals surface area (Å²) in [5.74, 6) is 0.858. The molecule has 2 N–H and O–H groups in total. The van der Waals surface area contributed by atoms with Crippen LogP contribution >= 0.6 is 0 Å². The molecule has 1 aromatic rings. The SMILES string of the molecule is CCOCCCC(N)c1ccco1. The van der Waals surface area contributed by atoms with Crippen LogP contribution in [0, 0.1) is 0 Å². The van der Waals surface area contributed by atoms with Crippen molar-refractivity contribution in [3.05, 3.63) is 24.2 Å². The van der Waals surface area contributed by atoms with Gasteiger partial charge in [0, 0.05) is 13.2 Å². The van der Waals surface area contributed by atoms with Crippen molar-refractivity contribution in [3.8, 4) is 0 Å². The first-order chi connectivity index (χ1) is 6.34. The van der Waals surface area contributed by atoms with Gasteiger partial charge in [-0.05, 0) is 31.9 Å². The largest absolute Gasteiger partial charge is 0.468 e. The normalized spacial score (nSPS) is 13.1. The lowest BCUT2D eigenvalue weighted by atomic mass is 10.1. The minimum Gasteiger partial charge on any atom is -0.468 e. The Balaban J connectivity index is 2.15. The molecule has 3 heteroatoms. The summed E-state index contributed by atoms with van der Waals surface area (Å²) in [7, 11) is 0. The molecule has 0 radical (unpaired) electrons. The zero-order valence-corrected chi connectivity index (χ0v) is 8.03. The third-order valence-electron chi connectivity index (χ3n) is 1.92. The molecular weight excluding hydrogens is 166 g/mol. The minimum atomic E-state index is 0.00968. The highest BCUT2D eigenvalue weighted by molar-refractivity contribution is 5.02. The number of hydrogen-bond donors (Lipinski definition) is 1. The van der Waals surface area contributed by atoms with Crippen LogP contribution in [0.2, 0.25) is 0 Å². The number of nitrogens with two attached hydrogens (primary N) is 1. The van der Waals surface area contributed by atoms with Gasteiger partial charge in [-0.15, -0.1) is 0 Å². The summed E-state index contributed by atoms with van der Waals surface area (Å²) in [5, 5.41) is 0. The van der Waals surface area contributed by atoms with Gasteiger partial charge < -0.3 is 14.9 Å². The molecule has 1 heterocycles. The fourth-order valence-electron chi connectivity index (χ4n) is 1.19. The summed E-state index contributed by atoms with van der Waals surface area (Å²) in [4.78, 5) is 0. The highest BCUT2D eigenvalue weighted by Gasteiger charge is 2.07. The molecule has 0 saturated heterocycles. The van der Waals surface area contributed by atoms with Gasteiger partial charge in [0.2, 0.25) is 0 Å². The second kappa shape index (κ2) is 5.78. The van der Waals surface area contributed by atoms with Crippen LogP contribution in [0.3, 0.4) is 0 Å². The van der Waals surface area contributed by atoms with E-state index >= 15 is 0 Å². The summed E-state index contributed by atoms with van der Waals surface area (Å²) in [6, 6.07) is 3.78. The summed E-state index contributed by atoms with van der Waals surface area (Å²) >= 11 is 0. The maximum absolute atomic E-state index is 5.87. The Morgan fingerprint density at radius 2 is 2.46 bits per heavy atom. The van der Waals surface area contributed by atoms with Crippen LogP contribution in [0.15, 0.2) is 22.8 Å². The van der Waals surface area contributed by atoms with Crippen molar-refractivity contribution in [3.63, 3.8) is 0 Å². The standard InChI is InChI=1S/C10H17NO2/c1-2-12-7-3-5-9(11)10-6-4-8-13-10/h4,6,8-9H,2-3,5,7,11H2,1H3. The smallest absolute Gasteiger partial charge is 0.120 e. The van der Waals surface area contributed by atoms with Crippen LogP contribution in [0.1, 0.15) is 31.6 Å². The van der Waals surface area contributed by atoms with E-state index in [2.05, 4.69) is 0 Å². The van der Waals surface area contributed by atoms with E-state index in [4.69, 9.17) is 14.9 Å². The van der Waals surface area contributed by atoms with Gasteiger partial charge in [0.15, 0.2) is 0 Å². The first-order valence-electron chi connectivity index (χ1n) is 4.71. The van der Waals surface area contributed by atoms with Gasteiger partial charge in [-0.25, -0.2) is 0 Å². The van der Waals surface area contributed by atoms with Gasteiger partial charge in [0.1, 0.15) is 5.76 Å². The minimum absolute atomic E-state index is 0.00968. The lowest BCUT2D eigenvalue weighted by Crippen LogP contribution is -2.10. The number of hydrogen-bond acceptors (Lipinski definition) is 3. The monoisotopic (exact) mass is 183 g/mol. The highest BCUT2D eigenvalue weighted by atomic mass is 16.5. The molecule has 0 aromatic carbocycles. The van der Waals surface area contributed by atoms with Crippen LogP contribution in [0.5, 0.6) is 0 Å². The molecule has 1 unspecified atom stereocenters. The van der Waals surface area contributed by atoms with Gasteiger partial charge in [0.05, 0.1) is 12.3 Å². The molecule has 0 aliphatic rings. The van der Waals surface area contributed by atoms with Crippen molar-refractivity contribution < 1.29 is 9.15 Å². The number of rotatable bonds is 6. The Morgan fingerprint density at radius 1 is 1.62 bits per heavy atom. The third kappa shape index (κ3) is 3.61. The van der Waals surface area contributed by atoms with Gasteiger partial charge >= 0.3 is 0 Å². The van der Waals surface area contributed by atoms with Crippen molar-refractivity contribution in [1.29, 1.82) is 0 Å². The topological polar surface area (TPSA) is 48.4 Å². The van der Waals surface area contributed by atoms with Crippen LogP contribution < -0.4 is 5.73 Å². The van der Waals surface area contributed by atoms with Gasteiger partial charge in [-0.3, -0.25) is 0 Å². The molecule has 0 bridgehead atoms. The molecule has 0 amide bonds. The van der Waals surface area contributed by atoms with E-state index in [9.17, 15) is 0 Å². The number of ether oxygens (including phenoxy) is 1. The molecule has 0 aliphatic carbocycles. The quantitative estimate of drug-likeness (QED) is 0.687. The molecule has 1 aromatic heterocycles. The third-order valence-corrected chi connectivity index (χ3v) is 1.92. The van der Waals surface area contributed by atoms with Crippen molar-refractivity contribution >= 4 is 0 Å². The Hall–Kier alpha value is -0.800. The maximum atomic E-state index is 5.87. The van der Waals surface area contributed by atoms with Gasteiger partial charge in [-0.1, -0.05) is 0 Å². The molecule has 0 fully saturated rings. The van der Waals surface area contributed by atoms with Crippen molar-refractivity contribution in [2.75, 3.05) is 13.2 Å². The average Bonchev–Trinajstić information content (AvgIpc) is 2.65. The zero-order chi connectivity index (χ0) is 9.52. The van der Waals surface area contributed by atoms with E-state index in [0.29, 0.717) is 0 Å². The Morgan fingerprint density at radius 3 is 3.08 bits per heavy atom. The zero-order valence-electron chi connectivity index (χ0n) is 8.03. The van der Waals surface area contributed by atoms with E-state index in [1.54, 1.807) is 6.26 Å². The Labute approximate surface area is 78.9 Å². The van der Waals surface area contributed by atoms with Crippen LogP contribution in [-0.2, 0) is 4.74 Å². The molecule has 3 nitrogen and oxygen atoms in total. The fraction of sp³-hybridized carbons (Fsp3) is 0.600. The maximum Gasteiger partial charge on any atom is 0.120 e. The van der Waals surface area contributed by atoms with Crippen molar-refractivity contribution in [2.45, 2.75) is 25.8 Å². The average molecular weight is 183 g/mol. The first-order valence-corrected chi connectivity index (χ1v) is 4.71. The number of furan rings is 1. The van der Waals surface area contributed by atoms with E-state index in [1.807, 2.05) is 19.1 Å². The fourth-order valence-corrected chi connectivity index (χ4v) is 1.19. The molecule has 13 heavy (non-hydrogen) atoms. The van der Waals surface area contributed by atoms with Gasteiger partial charge in [0.25, 0.3) is 0 Å². The van der Waals surface area contributed by atoms with E-state index in [1.165, 1.54) is 0 Å². The second-order valence-corrected chi connectivity index (χ2v) is 2.96. The predicted octanol–water partition coefficient (Wildman–Crippen LogP) is 2.10. The first kappa shape index (κ1) is 10.3. The van der Waals surface area contributed by atoms with Gasteiger partial charge in [-0.2, -0.15) is 0 Å². The highest BCUT2D eigenvalue weighted by Crippen LogP contribution is 2.15. The van der Waals surface area contributed by atoms with E-state index in [-0.39, 0.29) is 6.04 Å². The van der Waals surface area contributed by atoms with E-state index < -0.39 is 0 Å². The Bertz CT molecular complexity index is 209. The summed E-state index contributed by atoms with van der Waals surface area (Å²) in [6.45, 7) is 3.55. The molecule has 0 aliphatic heterocycles. The Kier molecular flexibility index (Phi) is 4.57. The molecule has 0 saturated carbocycles. The molecule has 1 atom stereocenters. The summed E-state index contributed by atoms with van der Waals surface area (Å²) in [6.07, 6.45) is 3.54. The second-order valence-electron chi connectivity index (χ2n) is 2.96. The lowest BCUT2D eigenvalue weighted by Gasteiger charge is -2.07. The molecular formula is C10H17NO2. The van der Waals surface area contributed by atoms with Crippen molar-refractivity contribution in [1.82, 2.24) is 0 Å². The summed E-state index contributed by atoms with van der Waals surface area (Å²) < 4.78 is 10.4. The van der Waals surface area contributed by atoms with Crippen LogP contribution in [0.4, 0.5) is 0 Å². The lowest BCUT2D eigenvalue weighted by molar-refractivity contribution is 0.141. The molecule has 1 rings (SSSR count). The predicted molar refractivity (Wildman–Crippen MR) is 51.4 cm³/mol. The van der Waals surface area contributed by atoms with Crippen molar-refractivity contribution in [2.24, 2.45) is 5.73 Å². The van der Waals surface area contributed by atoms with Crippen LogP contribution in [-0.4, -0.2) is 13.2 Å². The van der Waals surface area contributed by atoms with Crippen LogP contribution in [0.25, 0.3) is 0 Å². The van der Waals surface area contributed by atoms with E-state index in [0.717, 1.165) is 31.8 Å². The molecule has 74 valence electrons. The summed E-state index contributed by atoms with van der Waals surface area (Å²) in [5.41, 5.74) is 5.87.